The number of hydrazine groups is 1. The van der Waals surface area contributed by atoms with Crippen molar-refractivity contribution in [1.29, 1.82) is 0 Å². The highest BCUT2D eigenvalue weighted by atomic mass is 15.3. The first-order chi connectivity index (χ1) is 9.02. The van der Waals surface area contributed by atoms with Crippen molar-refractivity contribution in [1.82, 2.24) is 14.8 Å². The molecule has 0 aliphatic carbocycles. The number of nitrogen functional groups attached to an aromatic ring is 1. The van der Waals surface area contributed by atoms with E-state index in [1.807, 2.05) is 6.07 Å². The van der Waals surface area contributed by atoms with Gasteiger partial charge in [0, 0.05) is 37.9 Å². The van der Waals surface area contributed by atoms with Crippen LogP contribution in [-0.2, 0) is 6.54 Å². The van der Waals surface area contributed by atoms with Gasteiger partial charge in [-0.2, -0.15) is 0 Å². The first-order valence-electron chi connectivity index (χ1n) is 6.80. The van der Waals surface area contributed by atoms with E-state index in [2.05, 4.69) is 54.2 Å². The molecule has 19 heavy (non-hydrogen) atoms. The molecule has 0 aromatic carbocycles. The molecule has 108 valence electrons. The Morgan fingerprint density at radius 3 is 2.63 bits per heavy atom. The largest absolute Gasteiger partial charge is 0.308 e. The lowest BCUT2D eigenvalue weighted by Crippen LogP contribution is -2.34. The predicted molar refractivity (Wildman–Crippen MR) is 80.7 cm³/mol. The molecule has 0 saturated carbocycles. The van der Waals surface area contributed by atoms with Crippen molar-refractivity contribution in [2.45, 2.75) is 20.4 Å². The summed E-state index contributed by atoms with van der Waals surface area (Å²) < 4.78 is 0. The first kappa shape index (κ1) is 15.9. The standard InChI is InChI=1S/C14H27N5/c1-12(2)10-19(9-8-18(3)4)11-13-6-5-7-16-14(13)17-15/h5-7,12H,8-11,15H2,1-4H3,(H,16,17). The average molecular weight is 265 g/mol. The molecule has 1 heterocycles. The minimum absolute atomic E-state index is 0.646. The maximum Gasteiger partial charge on any atom is 0.144 e. The number of nitrogens with two attached hydrogens (primary N) is 1. The second-order valence-electron chi connectivity index (χ2n) is 5.59. The molecule has 0 fully saturated rings. The number of hydrogen-bond donors (Lipinski definition) is 2. The van der Waals surface area contributed by atoms with Crippen molar-refractivity contribution in [2.75, 3.05) is 39.2 Å². The van der Waals surface area contributed by atoms with Crippen molar-refractivity contribution in [3.8, 4) is 0 Å². The molecule has 5 nitrogen and oxygen atoms in total. The predicted octanol–water partition coefficient (Wildman–Crippen LogP) is 1.39. The lowest BCUT2D eigenvalue weighted by molar-refractivity contribution is 0.212. The van der Waals surface area contributed by atoms with Crippen LogP contribution in [0.4, 0.5) is 5.82 Å². The van der Waals surface area contributed by atoms with E-state index in [1.165, 1.54) is 0 Å². The number of hydrogen-bond acceptors (Lipinski definition) is 5. The molecule has 0 unspecified atom stereocenters. The number of aromatic nitrogens is 1. The Kier molecular flexibility index (Phi) is 6.77. The van der Waals surface area contributed by atoms with Crippen molar-refractivity contribution >= 4 is 5.82 Å². The second-order valence-corrected chi connectivity index (χ2v) is 5.59. The molecule has 0 aliphatic heterocycles. The minimum atomic E-state index is 0.646. The topological polar surface area (TPSA) is 57.4 Å². The summed E-state index contributed by atoms with van der Waals surface area (Å²) in [6.45, 7) is 8.54. The highest BCUT2D eigenvalue weighted by Crippen LogP contribution is 2.14. The highest BCUT2D eigenvalue weighted by molar-refractivity contribution is 5.42. The van der Waals surface area contributed by atoms with Crippen LogP contribution in [-0.4, -0.2) is 48.5 Å². The zero-order chi connectivity index (χ0) is 14.3. The molecule has 3 N–H and O–H groups in total. The first-order valence-corrected chi connectivity index (χ1v) is 6.80. The molecular weight excluding hydrogens is 238 g/mol. The van der Waals surface area contributed by atoms with Gasteiger partial charge in [-0.15, -0.1) is 0 Å². The normalized spacial score (nSPS) is 11.6. The van der Waals surface area contributed by atoms with Gasteiger partial charge in [0.25, 0.3) is 0 Å². The molecule has 0 saturated heterocycles. The van der Waals surface area contributed by atoms with Gasteiger partial charge in [-0.1, -0.05) is 19.9 Å². The van der Waals surface area contributed by atoms with E-state index >= 15 is 0 Å². The molecule has 5 heteroatoms. The highest BCUT2D eigenvalue weighted by Gasteiger charge is 2.11. The number of anilines is 1. The van der Waals surface area contributed by atoms with E-state index in [4.69, 9.17) is 5.84 Å². The summed E-state index contributed by atoms with van der Waals surface area (Å²) in [5.41, 5.74) is 3.81. The second kappa shape index (κ2) is 8.09. The summed E-state index contributed by atoms with van der Waals surface area (Å²) in [6, 6.07) is 4.03. The van der Waals surface area contributed by atoms with Crippen LogP contribution in [0.5, 0.6) is 0 Å². The Labute approximate surface area is 116 Å². The molecule has 0 atom stereocenters. The van der Waals surface area contributed by atoms with Gasteiger partial charge in [0.15, 0.2) is 0 Å². The van der Waals surface area contributed by atoms with E-state index in [0.717, 1.165) is 37.6 Å². The van der Waals surface area contributed by atoms with Crippen molar-refractivity contribution in [2.24, 2.45) is 11.8 Å². The third-order valence-corrected chi connectivity index (χ3v) is 2.91. The van der Waals surface area contributed by atoms with Crippen LogP contribution in [0.1, 0.15) is 19.4 Å². The minimum Gasteiger partial charge on any atom is -0.308 e. The molecule has 0 spiro atoms. The van der Waals surface area contributed by atoms with Crippen LogP contribution in [0.25, 0.3) is 0 Å². The van der Waals surface area contributed by atoms with E-state index in [0.29, 0.717) is 5.92 Å². The molecule has 0 radical (unpaired) electrons. The Balaban J connectivity index is 2.69. The summed E-state index contributed by atoms with van der Waals surface area (Å²) >= 11 is 0. The number of pyridine rings is 1. The maximum absolute atomic E-state index is 5.51. The monoisotopic (exact) mass is 265 g/mol. The van der Waals surface area contributed by atoms with Gasteiger partial charge in [0.2, 0.25) is 0 Å². The van der Waals surface area contributed by atoms with Crippen LogP contribution in [0.3, 0.4) is 0 Å². The van der Waals surface area contributed by atoms with E-state index < -0.39 is 0 Å². The number of likely N-dealkylation sites (N-methyl/N-ethyl adjacent to an activating group) is 1. The van der Waals surface area contributed by atoms with Crippen LogP contribution < -0.4 is 11.3 Å². The smallest absolute Gasteiger partial charge is 0.144 e. The zero-order valence-electron chi connectivity index (χ0n) is 12.6. The maximum atomic E-state index is 5.51. The fourth-order valence-electron chi connectivity index (χ4n) is 2.03. The fraction of sp³-hybridized carbons (Fsp3) is 0.643. The third-order valence-electron chi connectivity index (χ3n) is 2.91. The van der Waals surface area contributed by atoms with Crippen molar-refractivity contribution in [3.63, 3.8) is 0 Å². The lowest BCUT2D eigenvalue weighted by Gasteiger charge is -2.26. The van der Waals surface area contributed by atoms with Crippen LogP contribution in [0, 0.1) is 5.92 Å². The van der Waals surface area contributed by atoms with Crippen LogP contribution in [0.15, 0.2) is 18.3 Å². The molecule has 0 amide bonds. The Morgan fingerprint density at radius 2 is 2.05 bits per heavy atom. The van der Waals surface area contributed by atoms with E-state index in [-0.39, 0.29) is 0 Å². The van der Waals surface area contributed by atoms with Gasteiger partial charge in [-0.05, 0) is 26.1 Å². The van der Waals surface area contributed by atoms with Crippen LogP contribution in [0.2, 0.25) is 0 Å². The SMILES string of the molecule is CC(C)CN(CCN(C)C)Cc1cccnc1NN. The van der Waals surface area contributed by atoms with Gasteiger partial charge in [-0.25, -0.2) is 10.8 Å². The fourth-order valence-corrected chi connectivity index (χ4v) is 2.03. The van der Waals surface area contributed by atoms with Gasteiger partial charge in [-0.3, -0.25) is 4.90 Å². The van der Waals surface area contributed by atoms with Gasteiger partial charge < -0.3 is 10.3 Å². The number of nitrogens with one attached hydrogen (secondary N) is 1. The Bertz CT molecular complexity index is 365. The van der Waals surface area contributed by atoms with Crippen LogP contribution >= 0.6 is 0 Å². The summed E-state index contributed by atoms with van der Waals surface area (Å²) in [5, 5.41) is 0. The van der Waals surface area contributed by atoms with Crippen molar-refractivity contribution < 1.29 is 0 Å². The summed E-state index contributed by atoms with van der Waals surface area (Å²) in [7, 11) is 4.20. The molecular formula is C14H27N5. The zero-order valence-corrected chi connectivity index (χ0v) is 12.6. The third kappa shape index (κ3) is 6.00. The molecule has 0 aliphatic rings. The Hall–Kier alpha value is -1.17. The molecule has 1 aromatic heterocycles. The lowest BCUT2D eigenvalue weighted by atomic mass is 10.1. The van der Waals surface area contributed by atoms with Gasteiger partial charge in [0.05, 0.1) is 0 Å². The Morgan fingerprint density at radius 1 is 1.32 bits per heavy atom. The molecule has 1 rings (SSSR count). The summed E-state index contributed by atoms with van der Waals surface area (Å²) in [6.07, 6.45) is 1.76. The molecule has 0 bridgehead atoms. The average Bonchev–Trinajstić information content (AvgIpc) is 2.36. The van der Waals surface area contributed by atoms with E-state index in [9.17, 15) is 0 Å². The number of nitrogens with zero attached hydrogens (tertiary/aromatic N) is 3. The molecule has 1 aromatic rings. The van der Waals surface area contributed by atoms with Crippen molar-refractivity contribution in [3.05, 3.63) is 23.9 Å². The van der Waals surface area contributed by atoms with Gasteiger partial charge >= 0.3 is 0 Å². The summed E-state index contributed by atoms with van der Waals surface area (Å²) in [5.74, 6) is 6.92. The summed E-state index contributed by atoms with van der Waals surface area (Å²) in [4.78, 5) is 8.91. The number of rotatable bonds is 8. The van der Waals surface area contributed by atoms with Gasteiger partial charge in [0.1, 0.15) is 5.82 Å². The quantitative estimate of drug-likeness (QED) is 0.549. The van der Waals surface area contributed by atoms with E-state index in [1.54, 1.807) is 6.20 Å².